The van der Waals surface area contributed by atoms with Gasteiger partial charge in [0.1, 0.15) is 41.7 Å². The Labute approximate surface area is 256 Å². The average Bonchev–Trinajstić information content (AvgIpc) is 3.07. The van der Waals surface area contributed by atoms with E-state index in [0.717, 1.165) is 27.3 Å². The summed E-state index contributed by atoms with van der Waals surface area (Å²) in [5.41, 5.74) is 2.44. The third kappa shape index (κ3) is 7.30. The Morgan fingerprint density at radius 1 is 0.651 bits per heavy atom. The Kier molecular flexibility index (Phi) is 10.1. The van der Waals surface area contributed by atoms with Crippen molar-refractivity contribution < 1.29 is 33.5 Å². The molecule has 224 valence electrons. The fourth-order valence-corrected chi connectivity index (χ4v) is 6.53. The molecule has 1 unspecified atom stereocenters. The van der Waals surface area contributed by atoms with Crippen molar-refractivity contribution in [2.45, 2.75) is 60.4 Å². The molecule has 0 aliphatic carbocycles. The maximum absolute atomic E-state index is 10.5. The summed E-state index contributed by atoms with van der Waals surface area (Å²) in [7, 11) is 1.63. The summed E-state index contributed by atoms with van der Waals surface area (Å²) in [6.45, 7) is 0.510. The summed E-state index contributed by atoms with van der Waals surface area (Å²) in [4.78, 5) is 1.04. The molecule has 43 heavy (non-hydrogen) atoms. The van der Waals surface area contributed by atoms with Crippen molar-refractivity contribution in [3.05, 3.63) is 132 Å². The number of benzene rings is 4. The Hall–Kier alpha value is -3.21. The molecule has 6 rings (SSSR count). The summed E-state index contributed by atoms with van der Waals surface area (Å²) in [6, 6.07) is 37.7. The number of rotatable bonds is 11. The molecular formula is C35H36O7S. The second kappa shape index (κ2) is 14.5. The van der Waals surface area contributed by atoms with Crippen LogP contribution in [0.3, 0.4) is 0 Å². The van der Waals surface area contributed by atoms with Crippen LogP contribution in [0.4, 0.5) is 0 Å². The Morgan fingerprint density at radius 3 is 1.81 bits per heavy atom. The van der Waals surface area contributed by atoms with Crippen LogP contribution in [0, 0.1) is 0 Å². The van der Waals surface area contributed by atoms with E-state index in [9.17, 15) is 5.11 Å². The first-order valence-corrected chi connectivity index (χ1v) is 15.3. The standard InChI is InChI=1S/C35H36O7S/c1-37-27-19-17-26(18-20-27)34-40-29(21-36)30-32(41-34)31(38-22-24-11-5-2-6-12-24)33(39-23-25-13-7-3-8-14-25)35(42-30)43-28-15-9-4-10-16-28/h2-20,29-36H,21-23H2,1H3/t29-,30-,31+,32-,33+,34?,35-/m1/s1. The molecule has 2 fully saturated rings. The van der Waals surface area contributed by atoms with E-state index in [1.807, 2.05) is 115 Å². The van der Waals surface area contributed by atoms with E-state index in [-0.39, 0.29) is 6.61 Å². The molecule has 2 aliphatic heterocycles. The Bertz CT molecular complexity index is 1390. The van der Waals surface area contributed by atoms with Crippen molar-refractivity contribution in [3.8, 4) is 5.75 Å². The SMILES string of the molecule is COc1ccc(C2O[C@H]3[C@H](OCc4ccccc4)[C@H](OCc4ccccc4)[C@@H](Sc4ccccc4)O[C@@H]3[C@@H](CO)O2)cc1. The van der Waals surface area contributed by atoms with Crippen molar-refractivity contribution in [3.63, 3.8) is 0 Å². The van der Waals surface area contributed by atoms with Crippen molar-refractivity contribution >= 4 is 11.8 Å². The number of aliphatic hydroxyl groups excluding tert-OH is 1. The van der Waals surface area contributed by atoms with Crippen LogP contribution in [0.15, 0.2) is 120 Å². The smallest absolute Gasteiger partial charge is 0.184 e. The molecule has 0 aromatic heterocycles. The molecule has 2 saturated heterocycles. The number of fused-ring (bicyclic) bond motifs is 1. The van der Waals surface area contributed by atoms with E-state index < -0.39 is 42.2 Å². The van der Waals surface area contributed by atoms with E-state index in [1.165, 1.54) is 0 Å². The molecule has 7 nitrogen and oxygen atoms in total. The van der Waals surface area contributed by atoms with Gasteiger partial charge in [-0.05, 0) is 35.4 Å². The molecule has 0 bridgehead atoms. The summed E-state index contributed by atoms with van der Waals surface area (Å²) in [5.74, 6) is 0.733. The predicted octanol–water partition coefficient (Wildman–Crippen LogP) is 6.16. The van der Waals surface area contributed by atoms with Gasteiger partial charge in [0, 0.05) is 10.5 Å². The largest absolute Gasteiger partial charge is 0.497 e. The van der Waals surface area contributed by atoms with Gasteiger partial charge in [0.25, 0.3) is 0 Å². The molecule has 0 spiro atoms. The zero-order chi connectivity index (χ0) is 29.4. The zero-order valence-electron chi connectivity index (χ0n) is 23.9. The van der Waals surface area contributed by atoms with Gasteiger partial charge >= 0.3 is 0 Å². The average molecular weight is 601 g/mol. The minimum absolute atomic E-state index is 0.235. The van der Waals surface area contributed by atoms with Crippen LogP contribution in [0.25, 0.3) is 0 Å². The van der Waals surface area contributed by atoms with Crippen LogP contribution in [0.2, 0.25) is 0 Å². The molecule has 0 radical (unpaired) electrons. The van der Waals surface area contributed by atoms with E-state index in [0.29, 0.717) is 13.2 Å². The first-order valence-electron chi connectivity index (χ1n) is 14.5. The van der Waals surface area contributed by atoms with Gasteiger partial charge in [0.15, 0.2) is 6.29 Å². The topological polar surface area (TPSA) is 75.6 Å². The lowest BCUT2D eigenvalue weighted by atomic mass is 9.94. The zero-order valence-corrected chi connectivity index (χ0v) is 24.8. The molecule has 2 aliphatic rings. The maximum Gasteiger partial charge on any atom is 0.184 e. The molecular weight excluding hydrogens is 564 g/mol. The second-order valence-electron chi connectivity index (χ2n) is 10.5. The molecule has 8 heteroatoms. The minimum Gasteiger partial charge on any atom is -0.497 e. The van der Waals surface area contributed by atoms with Gasteiger partial charge in [-0.15, -0.1) is 0 Å². The van der Waals surface area contributed by atoms with Gasteiger partial charge in [-0.25, -0.2) is 0 Å². The van der Waals surface area contributed by atoms with Gasteiger partial charge in [0.2, 0.25) is 0 Å². The van der Waals surface area contributed by atoms with Gasteiger partial charge in [-0.2, -0.15) is 0 Å². The van der Waals surface area contributed by atoms with Crippen molar-refractivity contribution in [2.24, 2.45) is 0 Å². The number of aliphatic hydroxyl groups is 1. The van der Waals surface area contributed by atoms with Crippen LogP contribution in [-0.4, -0.2) is 54.8 Å². The summed E-state index contributed by atoms with van der Waals surface area (Å²) < 4.78 is 38.4. The predicted molar refractivity (Wildman–Crippen MR) is 164 cm³/mol. The van der Waals surface area contributed by atoms with E-state index >= 15 is 0 Å². The third-order valence-electron chi connectivity index (χ3n) is 7.61. The highest BCUT2D eigenvalue weighted by Crippen LogP contribution is 2.43. The fraction of sp³-hybridized carbons (Fsp3) is 0.314. The summed E-state index contributed by atoms with van der Waals surface area (Å²) in [5, 5.41) is 10.5. The summed E-state index contributed by atoms with van der Waals surface area (Å²) >= 11 is 1.57. The van der Waals surface area contributed by atoms with Crippen molar-refractivity contribution in [1.29, 1.82) is 0 Å². The number of ether oxygens (including phenoxy) is 6. The fourth-order valence-electron chi connectivity index (χ4n) is 5.39. The number of thioether (sulfide) groups is 1. The van der Waals surface area contributed by atoms with E-state index in [2.05, 4.69) is 0 Å². The maximum atomic E-state index is 10.5. The highest BCUT2D eigenvalue weighted by molar-refractivity contribution is 7.99. The van der Waals surface area contributed by atoms with Gasteiger partial charge < -0.3 is 33.5 Å². The van der Waals surface area contributed by atoms with Gasteiger partial charge in [0.05, 0.1) is 26.9 Å². The molecule has 4 aromatic carbocycles. The van der Waals surface area contributed by atoms with Gasteiger partial charge in [-0.1, -0.05) is 103 Å². The van der Waals surface area contributed by atoms with Crippen LogP contribution >= 0.6 is 11.8 Å². The van der Waals surface area contributed by atoms with Crippen LogP contribution < -0.4 is 4.74 Å². The normalized spacial score (nSPS) is 26.9. The Morgan fingerprint density at radius 2 is 1.23 bits per heavy atom. The first-order chi connectivity index (χ1) is 21.2. The third-order valence-corrected chi connectivity index (χ3v) is 8.77. The lowest BCUT2D eigenvalue weighted by Crippen LogP contribution is -2.65. The van der Waals surface area contributed by atoms with Crippen LogP contribution in [0.1, 0.15) is 23.0 Å². The lowest BCUT2D eigenvalue weighted by molar-refractivity contribution is -0.354. The summed E-state index contributed by atoms with van der Waals surface area (Å²) in [6.07, 6.45) is -3.55. The molecule has 2 heterocycles. The number of hydrogen-bond donors (Lipinski definition) is 1. The second-order valence-corrected chi connectivity index (χ2v) is 11.7. The van der Waals surface area contributed by atoms with E-state index in [4.69, 9.17) is 28.4 Å². The van der Waals surface area contributed by atoms with E-state index in [1.54, 1.807) is 18.9 Å². The molecule has 0 amide bonds. The van der Waals surface area contributed by atoms with Crippen molar-refractivity contribution in [2.75, 3.05) is 13.7 Å². The molecule has 7 atom stereocenters. The van der Waals surface area contributed by atoms with Crippen LogP contribution in [0.5, 0.6) is 5.75 Å². The highest BCUT2D eigenvalue weighted by atomic mass is 32.2. The molecule has 1 N–H and O–H groups in total. The minimum atomic E-state index is -0.733. The number of hydrogen-bond acceptors (Lipinski definition) is 8. The first kappa shape index (κ1) is 29.8. The monoisotopic (exact) mass is 600 g/mol. The lowest BCUT2D eigenvalue weighted by Gasteiger charge is -2.51. The van der Waals surface area contributed by atoms with Crippen molar-refractivity contribution in [1.82, 2.24) is 0 Å². The molecule has 4 aromatic rings. The highest BCUT2D eigenvalue weighted by Gasteiger charge is 2.54. The quantitative estimate of drug-likeness (QED) is 0.220. The number of methoxy groups -OCH3 is 1. The Balaban J connectivity index is 1.34. The molecule has 0 saturated carbocycles. The van der Waals surface area contributed by atoms with Crippen LogP contribution in [-0.2, 0) is 36.9 Å². The van der Waals surface area contributed by atoms with Gasteiger partial charge in [-0.3, -0.25) is 0 Å².